The Morgan fingerprint density at radius 1 is 1.33 bits per heavy atom. The SMILES string of the molecule is Cc1ccc(SN(C(=N)N)C(N)=O)cc1. The number of hydrogen-bond donors (Lipinski definition) is 3. The van der Waals surface area contributed by atoms with E-state index in [4.69, 9.17) is 16.9 Å². The number of rotatable bonds is 2. The van der Waals surface area contributed by atoms with E-state index < -0.39 is 6.03 Å². The fourth-order valence-corrected chi connectivity index (χ4v) is 1.57. The van der Waals surface area contributed by atoms with Gasteiger partial charge in [0, 0.05) is 4.90 Å². The summed E-state index contributed by atoms with van der Waals surface area (Å²) in [6, 6.07) is 6.72. The lowest BCUT2D eigenvalue weighted by molar-refractivity contribution is 0.244. The van der Waals surface area contributed by atoms with E-state index in [1.807, 2.05) is 31.2 Å². The molecule has 0 saturated heterocycles. The van der Waals surface area contributed by atoms with Gasteiger partial charge in [0.05, 0.1) is 0 Å². The van der Waals surface area contributed by atoms with Gasteiger partial charge in [-0.05, 0) is 31.0 Å². The third-order valence-corrected chi connectivity index (χ3v) is 2.68. The molecule has 5 N–H and O–H groups in total. The minimum Gasteiger partial charge on any atom is -0.369 e. The van der Waals surface area contributed by atoms with Crippen LogP contribution >= 0.6 is 11.9 Å². The summed E-state index contributed by atoms with van der Waals surface area (Å²) >= 11 is 1.02. The van der Waals surface area contributed by atoms with Crippen molar-refractivity contribution in [3.8, 4) is 0 Å². The summed E-state index contributed by atoms with van der Waals surface area (Å²) in [5.41, 5.74) is 11.4. The number of primary amides is 1. The summed E-state index contributed by atoms with van der Waals surface area (Å²) < 4.78 is 0.921. The monoisotopic (exact) mass is 224 g/mol. The van der Waals surface area contributed by atoms with Gasteiger partial charge < -0.3 is 11.5 Å². The van der Waals surface area contributed by atoms with E-state index in [0.29, 0.717) is 0 Å². The van der Waals surface area contributed by atoms with Gasteiger partial charge in [0.15, 0.2) is 0 Å². The minimum atomic E-state index is -0.756. The molecule has 0 heterocycles. The summed E-state index contributed by atoms with van der Waals surface area (Å²) in [7, 11) is 0. The van der Waals surface area contributed by atoms with Gasteiger partial charge in [-0.15, -0.1) is 0 Å². The van der Waals surface area contributed by atoms with Gasteiger partial charge in [-0.1, -0.05) is 17.7 Å². The highest BCUT2D eigenvalue weighted by molar-refractivity contribution is 7.98. The molecule has 2 amide bonds. The van der Waals surface area contributed by atoms with Crippen LogP contribution in [-0.2, 0) is 0 Å². The Labute approximate surface area is 92.1 Å². The van der Waals surface area contributed by atoms with Crippen molar-refractivity contribution in [3.63, 3.8) is 0 Å². The first-order chi connectivity index (χ1) is 7.00. The van der Waals surface area contributed by atoms with Crippen LogP contribution in [0.5, 0.6) is 0 Å². The van der Waals surface area contributed by atoms with Crippen molar-refractivity contribution in [2.24, 2.45) is 11.5 Å². The minimum absolute atomic E-state index is 0.381. The molecule has 0 aliphatic carbocycles. The summed E-state index contributed by atoms with van der Waals surface area (Å²) in [4.78, 5) is 11.7. The van der Waals surface area contributed by atoms with Crippen molar-refractivity contribution in [1.29, 1.82) is 5.41 Å². The molecule has 15 heavy (non-hydrogen) atoms. The average Bonchev–Trinajstić information content (AvgIpc) is 2.15. The van der Waals surface area contributed by atoms with Crippen LogP contribution in [0.3, 0.4) is 0 Å². The van der Waals surface area contributed by atoms with Gasteiger partial charge >= 0.3 is 6.03 Å². The molecule has 0 atom stereocenters. The topological polar surface area (TPSA) is 96.2 Å². The lowest BCUT2D eigenvalue weighted by Crippen LogP contribution is -2.39. The Kier molecular flexibility index (Phi) is 3.56. The maximum absolute atomic E-state index is 10.9. The lowest BCUT2D eigenvalue weighted by Gasteiger charge is -2.15. The van der Waals surface area contributed by atoms with E-state index in [0.717, 1.165) is 26.7 Å². The number of nitrogens with one attached hydrogen (secondary N) is 1. The standard InChI is InChI=1S/C9H12N4OS/c1-6-2-4-7(5-3-6)15-13(8(10)11)9(12)14/h2-5H,1H3,(H3,10,11)(H2,12,14). The molecule has 1 aromatic carbocycles. The van der Waals surface area contributed by atoms with Crippen molar-refractivity contribution in [2.45, 2.75) is 11.8 Å². The number of amides is 2. The molecule has 0 saturated carbocycles. The van der Waals surface area contributed by atoms with Crippen molar-refractivity contribution >= 4 is 23.9 Å². The second kappa shape index (κ2) is 4.70. The van der Waals surface area contributed by atoms with Gasteiger partial charge in [-0.25, -0.2) is 9.10 Å². The summed E-state index contributed by atoms with van der Waals surface area (Å²) in [6.45, 7) is 1.96. The highest BCUT2D eigenvalue weighted by Crippen LogP contribution is 2.21. The normalized spacial score (nSPS) is 9.67. The van der Waals surface area contributed by atoms with Crippen molar-refractivity contribution in [2.75, 3.05) is 0 Å². The molecule has 5 nitrogen and oxygen atoms in total. The molecule has 0 aliphatic rings. The molecule has 80 valence electrons. The van der Waals surface area contributed by atoms with Gasteiger partial charge in [-0.2, -0.15) is 0 Å². The Balaban J connectivity index is 2.79. The van der Waals surface area contributed by atoms with Crippen LogP contribution in [0.4, 0.5) is 4.79 Å². The molecule has 6 heteroatoms. The fourth-order valence-electron chi connectivity index (χ4n) is 0.917. The third-order valence-electron chi connectivity index (χ3n) is 1.64. The Morgan fingerprint density at radius 2 is 1.87 bits per heavy atom. The van der Waals surface area contributed by atoms with Gasteiger partial charge in [0.2, 0.25) is 5.96 Å². The molecule has 1 rings (SSSR count). The largest absolute Gasteiger partial charge is 0.369 e. The van der Waals surface area contributed by atoms with Gasteiger partial charge in [-0.3, -0.25) is 5.41 Å². The first kappa shape index (κ1) is 11.4. The fraction of sp³-hybridized carbons (Fsp3) is 0.111. The number of urea groups is 1. The zero-order chi connectivity index (χ0) is 11.4. The maximum atomic E-state index is 10.9. The Hall–Kier alpha value is -1.69. The molecule has 0 spiro atoms. The van der Waals surface area contributed by atoms with Crippen molar-refractivity contribution in [3.05, 3.63) is 29.8 Å². The lowest BCUT2D eigenvalue weighted by atomic mass is 10.2. The number of aryl methyl sites for hydroxylation is 1. The third kappa shape index (κ3) is 3.17. The Morgan fingerprint density at radius 3 is 2.27 bits per heavy atom. The number of benzene rings is 1. The second-order valence-corrected chi connectivity index (χ2v) is 3.94. The summed E-state index contributed by atoms with van der Waals surface area (Å²) in [6.07, 6.45) is 0. The molecule has 0 aliphatic heterocycles. The molecule has 0 aromatic heterocycles. The summed E-state index contributed by atoms with van der Waals surface area (Å²) in [5, 5.41) is 7.16. The van der Waals surface area contributed by atoms with E-state index in [2.05, 4.69) is 0 Å². The van der Waals surface area contributed by atoms with Crippen LogP contribution in [0.1, 0.15) is 5.56 Å². The van der Waals surface area contributed by atoms with Crippen LogP contribution in [0, 0.1) is 12.3 Å². The van der Waals surface area contributed by atoms with E-state index in [1.54, 1.807) is 0 Å². The molecule has 0 radical (unpaired) electrons. The predicted molar refractivity (Wildman–Crippen MR) is 60.4 cm³/mol. The van der Waals surface area contributed by atoms with E-state index in [1.165, 1.54) is 0 Å². The highest BCUT2D eigenvalue weighted by atomic mass is 32.2. The van der Waals surface area contributed by atoms with Crippen LogP contribution < -0.4 is 11.5 Å². The van der Waals surface area contributed by atoms with Gasteiger partial charge in [0.25, 0.3) is 0 Å². The highest BCUT2D eigenvalue weighted by Gasteiger charge is 2.14. The molecule has 0 unspecified atom stereocenters. The van der Waals surface area contributed by atoms with E-state index in [9.17, 15) is 4.79 Å². The van der Waals surface area contributed by atoms with E-state index in [-0.39, 0.29) is 5.96 Å². The molecule has 1 aromatic rings. The molecule has 0 bridgehead atoms. The van der Waals surface area contributed by atoms with Crippen LogP contribution in [0.25, 0.3) is 0 Å². The smallest absolute Gasteiger partial charge is 0.332 e. The number of nitrogens with two attached hydrogens (primary N) is 2. The van der Waals surface area contributed by atoms with Crippen LogP contribution in [-0.4, -0.2) is 16.3 Å². The second-order valence-electron chi connectivity index (χ2n) is 2.92. The van der Waals surface area contributed by atoms with Crippen LogP contribution in [0.15, 0.2) is 29.2 Å². The van der Waals surface area contributed by atoms with E-state index >= 15 is 0 Å². The Bertz CT molecular complexity index is 362. The predicted octanol–water partition coefficient (Wildman–Crippen LogP) is 1.28. The van der Waals surface area contributed by atoms with Crippen LogP contribution in [0.2, 0.25) is 0 Å². The van der Waals surface area contributed by atoms with Gasteiger partial charge in [0.1, 0.15) is 0 Å². The summed E-state index contributed by atoms with van der Waals surface area (Å²) in [5.74, 6) is -0.381. The molecular formula is C9H12N4OS. The quantitative estimate of drug-likeness (QED) is 0.401. The van der Waals surface area contributed by atoms with Crippen molar-refractivity contribution < 1.29 is 4.79 Å². The zero-order valence-electron chi connectivity index (χ0n) is 8.23. The zero-order valence-corrected chi connectivity index (χ0v) is 9.04. The maximum Gasteiger partial charge on any atom is 0.332 e. The molecule has 0 fully saturated rings. The number of carbonyl (C=O) groups is 1. The number of nitrogens with zero attached hydrogens (tertiary/aromatic N) is 1. The first-order valence-corrected chi connectivity index (χ1v) is 4.96. The number of guanidine groups is 1. The number of hydrogen-bond acceptors (Lipinski definition) is 3. The molecular weight excluding hydrogens is 212 g/mol. The first-order valence-electron chi connectivity index (χ1n) is 4.19. The van der Waals surface area contributed by atoms with Crippen molar-refractivity contribution in [1.82, 2.24) is 4.31 Å². The average molecular weight is 224 g/mol. The number of carbonyl (C=O) groups excluding carboxylic acids is 1.